The summed E-state index contributed by atoms with van der Waals surface area (Å²) in [5.74, 6) is 0.137. The van der Waals surface area contributed by atoms with Crippen molar-refractivity contribution in [2.24, 2.45) is 0 Å². The monoisotopic (exact) mass is 312 g/mol. The lowest BCUT2D eigenvalue weighted by molar-refractivity contribution is 0.139. The van der Waals surface area contributed by atoms with Gasteiger partial charge in [-0.05, 0) is 38.0 Å². The standard InChI is InChI=1S/C18H20N2O3/c1-4-15-10-20(18(22)23-15)14-7-11(2)17(16(21)8-14)13-6-5-12(3)19-9-13/h5-9,15,21H,4,10H2,1-3H3. The number of benzene rings is 1. The smallest absolute Gasteiger partial charge is 0.414 e. The highest BCUT2D eigenvalue weighted by molar-refractivity contribution is 5.91. The van der Waals surface area contributed by atoms with Crippen LogP contribution in [-0.4, -0.2) is 28.8 Å². The van der Waals surface area contributed by atoms with Crippen LogP contribution in [0, 0.1) is 13.8 Å². The number of aromatic hydroxyl groups is 1. The SMILES string of the molecule is CCC1CN(c2cc(C)c(-c3ccc(C)nc3)c(O)c2)C(=O)O1. The lowest BCUT2D eigenvalue weighted by Crippen LogP contribution is -2.24. The van der Waals surface area contributed by atoms with Crippen LogP contribution in [0.25, 0.3) is 11.1 Å². The van der Waals surface area contributed by atoms with Crippen molar-refractivity contribution in [3.8, 4) is 16.9 Å². The van der Waals surface area contributed by atoms with Crippen molar-refractivity contribution in [3.63, 3.8) is 0 Å². The molecule has 0 bridgehead atoms. The number of rotatable bonds is 3. The number of phenolic OH excluding ortho intramolecular Hbond substituents is 1. The summed E-state index contributed by atoms with van der Waals surface area (Å²) in [6.07, 6.45) is 2.07. The predicted molar refractivity (Wildman–Crippen MR) is 88.7 cm³/mol. The summed E-state index contributed by atoms with van der Waals surface area (Å²) in [6, 6.07) is 7.35. The van der Waals surface area contributed by atoms with E-state index < -0.39 is 0 Å². The van der Waals surface area contributed by atoms with E-state index in [1.165, 1.54) is 0 Å². The van der Waals surface area contributed by atoms with E-state index in [9.17, 15) is 9.90 Å². The van der Waals surface area contributed by atoms with Crippen molar-refractivity contribution < 1.29 is 14.6 Å². The Bertz CT molecular complexity index is 717. The van der Waals surface area contributed by atoms with Crippen LogP contribution >= 0.6 is 0 Å². The average Bonchev–Trinajstić information content (AvgIpc) is 2.89. The molecule has 0 radical (unpaired) electrons. The first-order valence-electron chi connectivity index (χ1n) is 7.74. The molecule has 2 aromatic rings. The second-order valence-electron chi connectivity index (χ2n) is 5.87. The van der Waals surface area contributed by atoms with Crippen LogP contribution in [-0.2, 0) is 4.74 Å². The Balaban J connectivity index is 1.98. The van der Waals surface area contributed by atoms with Crippen LogP contribution in [0.3, 0.4) is 0 Å². The molecule has 0 saturated carbocycles. The molecule has 1 aliphatic rings. The fourth-order valence-electron chi connectivity index (χ4n) is 2.84. The largest absolute Gasteiger partial charge is 0.507 e. The summed E-state index contributed by atoms with van der Waals surface area (Å²) in [5.41, 5.74) is 4.06. The van der Waals surface area contributed by atoms with Gasteiger partial charge in [0, 0.05) is 29.1 Å². The molecule has 0 spiro atoms. The van der Waals surface area contributed by atoms with Crippen molar-refractivity contribution in [1.82, 2.24) is 4.98 Å². The number of hydrogen-bond donors (Lipinski definition) is 1. The van der Waals surface area contributed by atoms with Gasteiger partial charge in [-0.25, -0.2) is 4.79 Å². The number of anilines is 1. The lowest BCUT2D eigenvalue weighted by Gasteiger charge is -2.17. The van der Waals surface area contributed by atoms with Crippen LogP contribution in [0.15, 0.2) is 30.5 Å². The van der Waals surface area contributed by atoms with Gasteiger partial charge >= 0.3 is 6.09 Å². The van der Waals surface area contributed by atoms with Crippen LogP contribution < -0.4 is 4.90 Å². The zero-order chi connectivity index (χ0) is 16.6. The highest BCUT2D eigenvalue weighted by Gasteiger charge is 2.31. The number of amides is 1. The maximum Gasteiger partial charge on any atom is 0.414 e. The van der Waals surface area contributed by atoms with E-state index in [1.807, 2.05) is 39.0 Å². The molecule has 5 nitrogen and oxygen atoms in total. The molecule has 1 amide bonds. The van der Waals surface area contributed by atoms with Gasteiger partial charge in [0.25, 0.3) is 0 Å². The van der Waals surface area contributed by atoms with E-state index in [1.54, 1.807) is 17.2 Å². The molecule has 1 aliphatic heterocycles. The van der Waals surface area contributed by atoms with Crippen LogP contribution in [0.4, 0.5) is 10.5 Å². The molecular weight excluding hydrogens is 292 g/mol. The molecule has 23 heavy (non-hydrogen) atoms. The van der Waals surface area contributed by atoms with E-state index in [-0.39, 0.29) is 17.9 Å². The molecule has 0 aliphatic carbocycles. The van der Waals surface area contributed by atoms with Gasteiger partial charge in [0.2, 0.25) is 0 Å². The van der Waals surface area contributed by atoms with Gasteiger partial charge in [-0.3, -0.25) is 9.88 Å². The van der Waals surface area contributed by atoms with E-state index in [2.05, 4.69) is 4.98 Å². The van der Waals surface area contributed by atoms with Gasteiger partial charge in [-0.1, -0.05) is 13.0 Å². The number of aryl methyl sites for hydroxylation is 2. The highest BCUT2D eigenvalue weighted by Crippen LogP contribution is 2.37. The molecule has 120 valence electrons. The van der Waals surface area contributed by atoms with Gasteiger partial charge in [-0.2, -0.15) is 0 Å². The summed E-state index contributed by atoms with van der Waals surface area (Å²) < 4.78 is 5.28. The van der Waals surface area contributed by atoms with Crippen LogP contribution in [0.1, 0.15) is 24.6 Å². The van der Waals surface area contributed by atoms with E-state index in [0.717, 1.165) is 28.8 Å². The number of ether oxygens (including phenoxy) is 1. The Morgan fingerprint density at radius 2 is 2.13 bits per heavy atom. The third-order valence-corrected chi connectivity index (χ3v) is 4.14. The molecule has 5 heteroatoms. The summed E-state index contributed by atoms with van der Waals surface area (Å²) in [7, 11) is 0. The Labute approximate surface area is 135 Å². The lowest BCUT2D eigenvalue weighted by atomic mass is 9.99. The first-order chi connectivity index (χ1) is 11.0. The molecule has 3 rings (SSSR count). The molecular formula is C18H20N2O3. The first-order valence-corrected chi connectivity index (χ1v) is 7.74. The summed E-state index contributed by atoms with van der Waals surface area (Å²) in [5, 5.41) is 10.5. The predicted octanol–water partition coefficient (Wildman–Crippen LogP) is 3.81. The number of pyridine rings is 1. The molecule has 2 heterocycles. The van der Waals surface area contributed by atoms with Gasteiger partial charge in [0.1, 0.15) is 11.9 Å². The first kappa shape index (κ1) is 15.3. The Hall–Kier alpha value is -2.56. The normalized spacial score (nSPS) is 17.4. The zero-order valence-electron chi connectivity index (χ0n) is 13.5. The van der Waals surface area contributed by atoms with Gasteiger partial charge in [0.05, 0.1) is 12.2 Å². The topological polar surface area (TPSA) is 62.7 Å². The van der Waals surface area contributed by atoms with Crippen molar-refractivity contribution in [3.05, 3.63) is 41.7 Å². The highest BCUT2D eigenvalue weighted by atomic mass is 16.6. The average molecular weight is 312 g/mol. The molecule has 1 atom stereocenters. The number of hydrogen-bond acceptors (Lipinski definition) is 4. The van der Waals surface area contributed by atoms with Crippen molar-refractivity contribution in [2.75, 3.05) is 11.4 Å². The summed E-state index contributed by atoms with van der Waals surface area (Å²) in [6.45, 7) is 6.33. The minimum Gasteiger partial charge on any atom is -0.507 e. The molecule has 1 fully saturated rings. The fraction of sp³-hybridized carbons (Fsp3) is 0.333. The van der Waals surface area contributed by atoms with Gasteiger partial charge in [-0.15, -0.1) is 0 Å². The number of cyclic esters (lactones) is 1. The third kappa shape index (κ3) is 2.86. The molecule has 1 saturated heterocycles. The Kier molecular flexibility index (Phi) is 3.94. The van der Waals surface area contributed by atoms with Crippen molar-refractivity contribution in [2.45, 2.75) is 33.3 Å². The maximum atomic E-state index is 12.0. The number of phenols is 1. The van der Waals surface area contributed by atoms with Crippen molar-refractivity contribution in [1.29, 1.82) is 0 Å². The number of nitrogens with zero attached hydrogens (tertiary/aromatic N) is 2. The second-order valence-corrected chi connectivity index (χ2v) is 5.87. The number of aromatic nitrogens is 1. The van der Waals surface area contributed by atoms with Crippen molar-refractivity contribution >= 4 is 11.8 Å². The minimum atomic E-state index is -0.361. The minimum absolute atomic E-state index is 0.0917. The second kappa shape index (κ2) is 5.91. The van der Waals surface area contributed by atoms with Crippen LogP contribution in [0.2, 0.25) is 0 Å². The number of carbonyl (C=O) groups excluding carboxylic acids is 1. The molecule has 1 unspecified atom stereocenters. The van der Waals surface area contributed by atoms with Gasteiger partial charge < -0.3 is 9.84 Å². The van der Waals surface area contributed by atoms with Gasteiger partial charge in [0.15, 0.2) is 0 Å². The summed E-state index contributed by atoms with van der Waals surface area (Å²) >= 11 is 0. The van der Waals surface area contributed by atoms with E-state index in [4.69, 9.17) is 4.74 Å². The maximum absolute atomic E-state index is 12.0. The van der Waals surface area contributed by atoms with E-state index in [0.29, 0.717) is 12.2 Å². The molecule has 1 aromatic heterocycles. The van der Waals surface area contributed by atoms with E-state index >= 15 is 0 Å². The third-order valence-electron chi connectivity index (χ3n) is 4.14. The Morgan fingerprint density at radius 1 is 1.35 bits per heavy atom. The summed E-state index contributed by atoms with van der Waals surface area (Å²) in [4.78, 5) is 17.8. The quantitative estimate of drug-likeness (QED) is 0.936. The Morgan fingerprint density at radius 3 is 2.70 bits per heavy atom. The molecule has 1 aromatic carbocycles. The number of carbonyl (C=O) groups is 1. The van der Waals surface area contributed by atoms with Crippen LogP contribution in [0.5, 0.6) is 5.75 Å². The zero-order valence-corrected chi connectivity index (χ0v) is 13.5. The fourth-order valence-corrected chi connectivity index (χ4v) is 2.84. The molecule has 1 N–H and O–H groups in total.